The Balaban J connectivity index is 1.99. The number of pyridine rings is 1. The predicted octanol–water partition coefficient (Wildman–Crippen LogP) is 1.89. The molecule has 1 aliphatic rings. The smallest absolute Gasteiger partial charge is 0.320 e. The summed E-state index contributed by atoms with van der Waals surface area (Å²) in [6.45, 7) is 2.45. The van der Waals surface area contributed by atoms with Crippen molar-refractivity contribution >= 4 is 17.5 Å². The maximum Gasteiger partial charge on any atom is 0.320 e. The summed E-state index contributed by atoms with van der Waals surface area (Å²) in [5.41, 5.74) is 1.13. The van der Waals surface area contributed by atoms with Crippen molar-refractivity contribution in [1.82, 2.24) is 24.1 Å². The summed E-state index contributed by atoms with van der Waals surface area (Å²) < 4.78 is 12.3. The number of likely N-dealkylation sites (tertiary alicyclic amines) is 1. The molecule has 1 saturated heterocycles. The molecule has 1 aliphatic heterocycles. The van der Waals surface area contributed by atoms with Crippen LogP contribution in [0.3, 0.4) is 0 Å². The van der Waals surface area contributed by atoms with Gasteiger partial charge in [-0.1, -0.05) is 6.07 Å². The summed E-state index contributed by atoms with van der Waals surface area (Å²) in [7, 11) is 6.72. The number of imidazole rings is 1. The zero-order chi connectivity index (χ0) is 21.7. The second-order valence-electron chi connectivity index (χ2n) is 7.58. The molecule has 164 valence electrons. The van der Waals surface area contributed by atoms with Crippen molar-refractivity contribution in [3.8, 4) is 0 Å². The maximum atomic E-state index is 13.4. The van der Waals surface area contributed by atoms with E-state index < -0.39 is 0 Å². The Bertz CT molecular complexity index is 873. The number of nitrogens with zero attached hydrogens (tertiary/aromatic N) is 5. The van der Waals surface area contributed by atoms with Crippen LogP contribution < -0.4 is 0 Å². The molecule has 1 fully saturated rings. The van der Waals surface area contributed by atoms with E-state index in [0.717, 1.165) is 24.2 Å². The molecule has 9 heteroatoms. The number of hydrogen-bond acceptors (Lipinski definition) is 5. The average molecular weight is 418 g/mol. The van der Waals surface area contributed by atoms with Crippen molar-refractivity contribution in [3.63, 3.8) is 0 Å². The van der Waals surface area contributed by atoms with E-state index in [0.29, 0.717) is 38.5 Å². The quantitative estimate of drug-likeness (QED) is 0.655. The van der Waals surface area contributed by atoms with Crippen LogP contribution in [0.5, 0.6) is 0 Å². The van der Waals surface area contributed by atoms with E-state index in [4.69, 9.17) is 14.5 Å². The predicted molar refractivity (Wildman–Crippen MR) is 113 cm³/mol. The lowest BCUT2D eigenvalue weighted by molar-refractivity contribution is 0.0624. The number of aromatic nitrogens is 2. The van der Waals surface area contributed by atoms with E-state index in [1.54, 1.807) is 38.1 Å². The normalized spacial score (nSPS) is 16.3. The lowest BCUT2D eigenvalue weighted by atomic mass is 10.2. The molecule has 1 atom stereocenters. The van der Waals surface area contributed by atoms with Gasteiger partial charge in [-0.2, -0.15) is 0 Å². The SMILES string of the molecule is COCCN(CCOC)C(=O)c1nc([C@@H]2CCCN2C(=O)N(C)C)n2ccccc12. The van der Waals surface area contributed by atoms with Gasteiger partial charge >= 0.3 is 6.03 Å². The Morgan fingerprint density at radius 3 is 2.50 bits per heavy atom. The highest BCUT2D eigenvalue weighted by Gasteiger charge is 2.35. The van der Waals surface area contributed by atoms with Crippen molar-refractivity contribution in [3.05, 3.63) is 35.9 Å². The zero-order valence-corrected chi connectivity index (χ0v) is 18.2. The van der Waals surface area contributed by atoms with Crippen molar-refractivity contribution in [2.75, 3.05) is 61.2 Å². The first-order valence-electron chi connectivity index (χ1n) is 10.2. The van der Waals surface area contributed by atoms with Crippen molar-refractivity contribution in [1.29, 1.82) is 0 Å². The molecule has 0 aromatic carbocycles. The molecule has 0 unspecified atom stereocenters. The number of fused-ring (bicyclic) bond motifs is 1. The molecule has 2 aromatic rings. The lowest BCUT2D eigenvalue weighted by Gasteiger charge is -2.27. The van der Waals surface area contributed by atoms with Crippen LogP contribution in [0, 0.1) is 0 Å². The van der Waals surface area contributed by atoms with Gasteiger partial charge in [0.25, 0.3) is 5.91 Å². The van der Waals surface area contributed by atoms with Gasteiger partial charge in [0.05, 0.1) is 24.8 Å². The van der Waals surface area contributed by atoms with Crippen molar-refractivity contribution < 1.29 is 19.1 Å². The molecule has 9 nitrogen and oxygen atoms in total. The fourth-order valence-electron chi connectivity index (χ4n) is 3.84. The molecule has 3 heterocycles. The summed E-state index contributed by atoms with van der Waals surface area (Å²) in [5, 5.41) is 0. The van der Waals surface area contributed by atoms with Gasteiger partial charge in [-0.15, -0.1) is 0 Å². The van der Waals surface area contributed by atoms with Crippen LogP contribution in [-0.2, 0) is 9.47 Å². The van der Waals surface area contributed by atoms with Gasteiger partial charge in [-0.05, 0) is 25.0 Å². The van der Waals surface area contributed by atoms with E-state index in [-0.39, 0.29) is 18.0 Å². The molecule has 0 N–H and O–H groups in total. The van der Waals surface area contributed by atoms with E-state index in [1.165, 1.54) is 0 Å². The van der Waals surface area contributed by atoms with Gasteiger partial charge in [0, 0.05) is 54.1 Å². The monoisotopic (exact) mass is 417 g/mol. The Morgan fingerprint density at radius 2 is 1.87 bits per heavy atom. The first kappa shape index (κ1) is 22.0. The number of amides is 3. The average Bonchev–Trinajstić information content (AvgIpc) is 3.37. The van der Waals surface area contributed by atoms with E-state index >= 15 is 0 Å². The molecule has 3 rings (SSSR count). The molecule has 30 heavy (non-hydrogen) atoms. The number of carbonyl (C=O) groups is 2. The first-order valence-corrected chi connectivity index (χ1v) is 10.2. The van der Waals surface area contributed by atoms with Gasteiger partial charge in [0.2, 0.25) is 0 Å². The molecule has 0 spiro atoms. The third-order valence-corrected chi connectivity index (χ3v) is 5.38. The van der Waals surface area contributed by atoms with E-state index in [9.17, 15) is 9.59 Å². The third-order valence-electron chi connectivity index (χ3n) is 5.38. The number of urea groups is 1. The van der Waals surface area contributed by atoms with Gasteiger partial charge in [0.15, 0.2) is 5.69 Å². The second kappa shape index (κ2) is 9.90. The number of ether oxygens (including phenoxy) is 2. The topological polar surface area (TPSA) is 79.6 Å². The molecule has 0 bridgehead atoms. The van der Waals surface area contributed by atoms with Crippen molar-refractivity contribution in [2.45, 2.75) is 18.9 Å². The standard InChI is InChI=1S/C21H31N5O4/c1-23(2)21(28)26-11-7-9-17(26)19-22-18(16-8-5-6-10-25(16)19)20(27)24(12-14-29-3)13-15-30-4/h5-6,8,10,17H,7,9,11-15H2,1-4H3/t17-/m0/s1. The molecule has 0 saturated carbocycles. The van der Waals surface area contributed by atoms with Crippen LogP contribution in [-0.4, -0.2) is 97.2 Å². The van der Waals surface area contributed by atoms with Gasteiger partial charge in [-0.25, -0.2) is 9.78 Å². The molecular formula is C21H31N5O4. The Morgan fingerprint density at radius 1 is 1.17 bits per heavy atom. The maximum absolute atomic E-state index is 13.4. The summed E-state index contributed by atoms with van der Waals surface area (Å²) in [4.78, 5) is 35.9. The molecule has 0 aliphatic carbocycles. The first-order chi connectivity index (χ1) is 14.5. The summed E-state index contributed by atoms with van der Waals surface area (Å²) in [5.74, 6) is 0.558. The van der Waals surface area contributed by atoms with Crippen molar-refractivity contribution in [2.24, 2.45) is 0 Å². The molecular weight excluding hydrogens is 386 g/mol. The van der Waals surface area contributed by atoms with Crippen LogP contribution in [0.4, 0.5) is 4.79 Å². The minimum Gasteiger partial charge on any atom is -0.383 e. The molecule has 3 amide bonds. The van der Waals surface area contributed by atoms with Crippen LogP contribution in [0.25, 0.3) is 5.52 Å². The number of methoxy groups -OCH3 is 2. The van der Waals surface area contributed by atoms with Gasteiger partial charge < -0.3 is 28.6 Å². The highest BCUT2D eigenvalue weighted by molar-refractivity contribution is 5.99. The summed E-state index contributed by atoms with van der Waals surface area (Å²) >= 11 is 0. The van der Waals surface area contributed by atoms with E-state index in [1.807, 2.05) is 33.7 Å². The highest BCUT2D eigenvalue weighted by Crippen LogP contribution is 2.33. The number of hydrogen-bond donors (Lipinski definition) is 0. The minimum absolute atomic E-state index is 0.0418. The third kappa shape index (κ3) is 4.41. The van der Waals surface area contributed by atoms with Crippen LogP contribution >= 0.6 is 0 Å². The van der Waals surface area contributed by atoms with E-state index in [2.05, 4.69) is 0 Å². The van der Waals surface area contributed by atoms with Crippen LogP contribution in [0.1, 0.15) is 35.2 Å². The summed E-state index contributed by atoms with van der Waals surface area (Å²) in [6.07, 6.45) is 3.63. The molecule has 0 radical (unpaired) electrons. The van der Waals surface area contributed by atoms with Crippen LogP contribution in [0.15, 0.2) is 24.4 Å². The fourth-order valence-corrected chi connectivity index (χ4v) is 3.84. The van der Waals surface area contributed by atoms with Gasteiger partial charge in [-0.3, -0.25) is 4.79 Å². The Kier molecular flexibility index (Phi) is 7.28. The fraction of sp³-hybridized carbons (Fsp3) is 0.571. The van der Waals surface area contributed by atoms with Gasteiger partial charge in [0.1, 0.15) is 5.82 Å². The lowest BCUT2D eigenvalue weighted by Crippen LogP contribution is -2.39. The highest BCUT2D eigenvalue weighted by atomic mass is 16.5. The second-order valence-corrected chi connectivity index (χ2v) is 7.58. The summed E-state index contributed by atoms with van der Waals surface area (Å²) in [6, 6.07) is 5.49. The number of carbonyl (C=O) groups excluding carboxylic acids is 2. The Hall–Kier alpha value is -2.65. The van der Waals surface area contributed by atoms with Crippen LogP contribution in [0.2, 0.25) is 0 Å². The zero-order valence-electron chi connectivity index (χ0n) is 18.2. The largest absolute Gasteiger partial charge is 0.383 e. The minimum atomic E-state index is -0.164. The Labute approximate surface area is 177 Å². The molecule has 2 aromatic heterocycles. The number of rotatable bonds is 8.